The minimum absolute atomic E-state index is 0.146. The fourth-order valence-corrected chi connectivity index (χ4v) is 1.82. The Bertz CT molecular complexity index is 612. The van der Waals surface area contributed by atoms with Crippen LogP contribution in [0.15, 0.2) is 18.2 Å². The van der Waals surface area contributed by atoms with Gasteiger partial charge in [-0.05, 0) is 32.4 Å². The summed E-state index contributed by atoms with van der Waals surface area (Å²) in [7, 11) is 0. The highest BCUT2D eigenvalue weighted by Crippen LogP contribution is 2.26. The first-order chi connectivity index (χ1) is 9.02. The Morgan fingerprint density at radius 3 is 2.53 bits per heavy atom. The molecule has 0 radical (unpaired) electrons. The van der Waals surface area contributed by atoms with Crippen LogP contribution in [0.1, 0.15) is 18.3 Å². The van der Waals surface area contributed by atoms with Crippen LogP contribution in [0.3, 0.4) is 0 Å². The predicted molar refractivity (Wildman–Crippen MR) is 71.0 cm³/mol. The minimum Gasteiger partial charge on any atom is -0.370 e. The lowest BCUT2D eigenvalue weighted by molar-refractivity contribution is 0.505. The molecule has 0 saturated heterocycles. The van der Waals surface area contributed by atoms with Crippen molar-refractivity contribution in [2.75, 3.05) is 11.9 Å². The van der Waals surface area contributed by atoms with Crippen molar-refractivity contribution in [1.82, 2.24) is 9.97 Å². The van der Waals surface area contributed by atoms with Crippen molar-refractivity contribution in [1.29, 1.82) is 0 Å². The molecule has 2 rings (SSSR count). The van der Waals surface area contributed by atoms with E-state index in [1.807, 2.05) is 6.92 Å². The number of halogens is 2. The molecule has 1 aromatic heterocycles. The number of hydrogen-bond acceptors (Lipinski definition) is 3. The normalized spacial score (nSPS) is 10.6. The fourth-order valence-electron chi connectivity index (χ4n) is 1.82. The lowest BCUT2D eigenvalue weighted by atomic mass is 10.1. The van der Waals surface area contributed by atoms with E-state index in [2.05, 4.69) is 15.3 Å². The van der Waals surface area contributed by atoms with Crippen LogP contribution in [0.5, 0.6) is 0 Å². The Labute approximate surface area is 110 Å². The molecule has 1 N–H and O–H groups in total. The molecule has 1 aromatic carbocycles. The second kappa shape index (κ2) is 5.30. The monoisotopic (exact) mass is 263 g/mol. The van der Waals surface area contributed by atoms with E-state index in [9.17, 15) is 8.78 Å². The zero-order chi connectivity index (χ0) is 14.0. The van der Waals surface area contributed by atoms with Crippen molar-refractivity contribution in [3.8, 4) is 11.3 Å². The van der Waals surface area contributed by atoms with Crippen molar-refractivity contribution in [2.24, 2.45) is 0 Å². The molecule has 0 aliphatic heterocycles. The molecule has 0 atom stereocenters. The summed E-state index contributed by atoms with van der Waals surface area (Å²) in [5.41, 5.74) is 0.798. The number of anilines is 1. The van der Waals surface area contributed by atoms with Gasteiger partial charge in [-0.15, -0.1) is 0 Å². The van der Waals surface area contributed by atoms with Gasteiger partial charge in [-0.1, -0.05) is 6.07 Å². The molecule has 0 aliphatic rings. The first kappa shape index (κ1) is 13.4. The molecule has 0 amide bonds. The number of nitrogens with one attached hydrogen (secondary N) is 1. The Morgan fingerprint density at radius 1 is 1.11 bits per heavy atom. The van der Waals surface area contributed by atoms with Gasteiger partial charge in [0.05, 0.1) is 5.69 Å². The van der Waals surface area contributed by atoms with Crippen molar-refractivity contribution in [2.45, 2.75) is 20.8 Å². The molecule has 0 saturated carbocycles. The third-order valence-corrected chi connectivity index (χ3v) is 2.75. The maximum absolute atomic E-state index is 13.9. The number of hydrogen-bond donors (Lipinski definition) is 1. The van der Waals surface area contributed by atoms with Crippen LogP contribution in [0.4, 0.5) is 14.6 Å². The molecule has 0 bridgehead atoms. The molecule has 19 heavy (non-hydrogen) atoms. The topological polar surface area (TPSA) is 37.8 Å². The van der Waals surface area contributed by atoms with Crippen LogP contribution in [0, 0.1) is 25.5 Å². The van der Waals surface area contributed by atoms with Gasteiger partial charge in [0.25, 0.3) is 0 Å². The Balaban J connectivity index is 2.55. The van der Waals surface area contributed by atoms with Crippen LogP contribution >= 0.6 is 0 Å². The van der Waals surface area contributed by atoms with Gasteiger partial charge in [0, 0.05) is 18.2 Å². The smallest absolute Gasteiger partial charge is 0.168 e. The van der Waals surface area contributed by atoms with Gasteiger partial charge in [-0.3, -0.25) is 0 Å². The molecule has 0 unspecified atom stereocenters. The highest BCUT2D eigenvalue weighted by Gasteiger charge is 2.14. The number of aromatic nitrogens is 2. The van der Waals surface area contributed by atoms with Crippen LogP contribution < -0.4 is 5.32 Å². The third-order valence-electron chi connectivity index (χ3n) is 2.75. The Hall–Kier alpha value is -2.04. The van der Waals surface area contributed by atoms with E-state index in [0.29, 0.717) is 23.9 Å². The van der Waals surface area contributed by atoms with Gasteiger partial charge >= 0.3 is 0 Å². The summed E-state index contributed by atoms with van der Waals surface area (Å²) in [6, 6.07) is 4.69. The van der Waals surface area contributed by atoms with Gasteiger partial charge in [0.2, 0.25) is 0 Å². The third kappa shape index (κ3) is 2.70. The molecule has 0 aliphatic carbocycles. The second-order valence-corrected chi connectivity index (χ2v) is 4.27. The summed E-state index contributed by atoms with van der Waals surface area (Å²) in [6.45, 7) is 5.87. The minimum atomic E-state index is -0.874. The number of benzene rings is 1. The van der Waals surface area contributed by atoms with Crippen LogP contribution in [0.25, 0.3) is 11.3 Å². The Kier molecular flexibility index (Phi) is 3.74. The van der Waals surface area contributed by atoms with Gasteiger partial charge in [0.1, 0.15) is 11.6 Å². The number of aryl methyl sites for hydroxylation is 2. The second-order valence-electron chi connectivity index (χ2n) is 4.27. The maximum atomic E-state index is 13.9. The maximum Gasteiger partial charge on any atom is 0.168 e. The zero-order valence-electron chi connectivity index (χ0n) is 11.1. The zero-order valence-corrected chi connectivity index (χ0v) is 11.1. The van der Waals surface area contributed by atoms with E-state index in [1.165, 1.54) is 19.1 Å². The van der Waals surface area contributed by atoms with Gasteiger partial charge in [-0.25, -0.2) is 18.7 Å². The van der Waals surface area contributed by atoms with E-state index in [0.717, 1.165) is 0 Å². The average Bonchev–Trinajstić information content (AvgIpc) is 2.36. The standard InChI is InChI=1S/C14H15F2N3/c1-4-17-12-7-11(18-9(3)19-12)10-6-5-8(2)13(15)14(10)16/h5-7H,4H2,1-3H3,(H,17,18,19). The van der Waals surface area contributed by atoms with E-state index >= 15 is 0 Å². The van der Waals surface area contributed by atoms with Gasteiger partial charge in [0.15, 0.2) is 11.6 Å². The lowest BCUT2D eigenvalue weighted by Gasteiger charge is -2.09. The van der Waals surface area contributed by atoms with Gasteiger partial charge in [-0.2, -0.15) is 0 Å². The van der Waals surface area contributed by atoms with Crippen molar-refractivity contribution >= 4 is 5.82 Å². The molecule has 2 aromatic rings. The van der Waals surface area contributed by atoms with E-state index in [4.69, 9.17) is 0 Å². The van der Waals surface area contributed by atoms with E-state index in [-0.39, 0.29) is 11.1 Å². The first-order valence-corrected chi connectivity index (χ1v) is 6.07. The highest BCUT2D eigenvalue weighted by molar-refractivity contribution is 5.63. The van der Waals surface area contributed by atoms with Crippen molar-refractivity contribution < 1.29 is 8.78 Å². The largest absolute Gasteiger partial charge is 0.370 e. The molecule has 5 heteroatoms. The van der Waals surface area contributed by atoms with Crippen molar-refractivity contribution in [3.63, 3.8) is 0 Å². The molecule has 0 fully saturated rings. The summed E-state index contributed by atoms with van der Waals surface area (Å²) < 4.78 is 27.5. The summed E-state index contributed by atoms with van der Waals surface area (Å²) in [5.74, 6) is -0.599. The number of rotatable bonds is 3. The predicted octanol–water partition coefficient (Wildman–Crippen LogP) is 3.47. The average molecular weight is 263 g/mol. The molecule has 1 heterocycles. The quantitative estimate of drug-likeness (QED) is 0.921. The van der Waals surface area contributed by atoms with Crippen LogP contribution in [-0.2, 0) is 0 Å². The molecular weight excluding hydrogens is 248 g/mol. The highest BCUT2D eigenvalue weighted by atomic mass is 19.2. The molecule has 100 valence electrons. The molecule has 0 spiro atoms. The van der Waals surface area contributed by atoms with E-state index in [1.54, 1.807) is 13.0 Å². The van der Waals surface area contributed by atoms with Crippen LogP contribution in [-0.4, -0.2) is 16.5 Å². The Morgan fingerprint density at radius 2 is 1.84 bits per heavy atom. The fraction of sp³-hybridized carbons (Fsp3) is 0.286. The van der Waals surface area contributed by atoms with Crippen LogP contribution in [0.2, 0.25) is 0 Å². The summed E-state index contributed by atoms with van der Waals surface area (Å²) in [5, 5.41) is 3.04. The summed E-state index contributed by atoms with van der Waals surface area (Å²) >= 11 is 0. The van der Waals surface area contributed by atoms with E-state index < -0.39 is 11.6 Å². The van der Waals surface area contributed by atoms with Crippen molar-refractivity contribution in [3.05, 3.63) is 41.2 Å². The van der Waals surface area contributed by atoms with Gasteiger partial charge < -0.3 is 5.32 Å². The molecular formula is C14H15F2N3. The SMILES string of the molecule is CCNc1cc(-c2ccc(C)c(F)c2F)nc(C)n1. The first-order valence-electron chi connectivity index (χ1n) is 6.07. The molecule has 3 nitrogen and oxygen atoms in total. The lowest BCUT2D eigenvalue weighted by Crippen LogP contribution is -2.03. The number of nitrogens with zero attached hydrogens (tertiary/aromatic N) is 2. The summed E-state index contributed by atoms with van der Waals surface area (Å²) in [6.07, 6.45) is 0. The summed E-state index contributed by atoms with van der Waals surface area (Å²) in [4.78, 5) is 8.34.